The molecule has 0 amide bonds. The molecule has 11 heteroatoms. The van der Waals surface area contributed by atoms with E-state index in [1.165, 1.54) is 27.4 Å². The van der Waals surface area contributed by atoms with E-state index in [1.807, 2.05) is 0 Å². The number of rotatable bonds is 9. The van der Waals surface area contributed by atoms with E-state index in [1.54, 1.807) is 19.9 Å². The minimum Gasteiger partial charge on any atom is -0.496 e. The maximum Gasteiger partial charge on any atom is 0.573 e. The molecule has 1 unspecified atom stereocenters. The molecule has 170 valence electrons. The summed E-state index contributed by atoms with van der Waals surface area (Å²) in [4.78, 5) is 16.4. The number of alkyl halides is 3. The number of aromatic nitrogens is 1. The quantitative estimate of drug-likeness (QED) is 0.460. The first-order chi connectivity index (χ1) is 14.6. The molecule has 0 aliphatic rings. The topological polar surface area (TPSA) is 88.1 Å². The second-order valence-corrected chi connectivity index (χ2v) is 6.13. The third-order valence-corrected chi connectivity index (χ3v) is 4.06. The van der Waals surface area contributed by atoms with Crippen LogP contribution in [0.5, 0.6) is 17.4 Å². The van der Waals surface area contributed by atoms with Crippen molar-refractivity contribution in [1.29, 1.82) is 0 Å². The van der Waals surface area contributed by atoms with Gasteiger partial charge in [-0.2, -0.15) is 0 Å². The Morgan fingerprint density at radius 3 is 2.42 bits per heavy atom. The van der Waals surface area contributed by atoms with E-state index >= 15 is 0 Å². The van der Waals surface area contributed by atoms with Crippen molar-refractivity contribution in [3.8, 4) is 28.6 Å². The first kappa shape index (κ1) is 24.1. The molecule has 1 aromatic carbocycles. The number of anilines is 1. The Morgan fingerprint density at radius 2 is 1.87 bits per heavy atom. The van der Waals surface area contributed by atoms with E-state index < -0.39 is 24.3 Å². The van der Waals surface area contributed by atoms with Gasteiger partial charge in [-0.1, -0.05) is 0 Å². The lowest BCUT2D eigenvalue weighted by Gasteiger charge is -2.20. The van der Waals surface area contributed by atoms with Crippen LogP contribution < -0.4 is 19.5 Å². The third kappa shape index (κ3) is 6.14. The molecule has 0 aliphatic heterocycles. The van der Waals surface area contributed by atoms with Gasteiger partial charge in [0.2, 0.25) is 12.1 Å². The lowest BCUT2D eigenvalue weighted by molar-refractivity contribution is -0.274. The Labute approximate surface area is 177 Å². The molecule has 0 radical (unpaired) electrons. The van der Waals surface area contributed by atoms with Gasteiger partial charge in [-0.05, 0) is 37.6 Å². The summed E-state index contributed by atoms with van der Waals surface area (Å²) in [5.74, 6) is -0.782. The van der Waals surface area contributed by atoms with E-state index in [0.717, 1.165) is 12.1 Å². The lowest BCUT2D eigenvalue weighted by atomic mass is 10.0. The van der Waals surface area contributed by atoms with Crippen molar-refractivity contribution in [3.05, 3.63) is 29.8 Å². The number of hydrogen-bond acceptors (Lipinski definition) is 8. The number of pyridine rings is 1. The van der Waals surface area contributed by atoms with Crippen molar-refractivity contribution >= 4 is 11.7 Å². The zero-order valence-corrected chi connectivity index (χ0v) is 17.6. The summed E-state index contributed by atoms with van der Waals surface area (Å²) in [5, 5.41) is 2.86. The molecule has 0 aliphatic carbocycles. The predicted octanol–water partition coefficient (Wildman–Crippen LogP) is 3.92. The molecule has 0 spiro atoms. The van der Waals surface area contributed by atoms with Crippen LogP contribution in [0.4, 0.5) is 18.9 Å². The molecular formula is C20H23F3N2O6. The highest BCUT2D eigenvalue weighted by Crippen LogP contribution is 2.38. The van der Waals surface area contributed by atoms with Crippen LogP contribution in [0.15, 0.2) is 24.3 Å². The molecule has 0 saturated heterocycles. The summed E-state index contributed by atoms with van der Waals surface area (Å²) in [6, 6.07) is 5.33. The second kappa shape index (κ2) is 10.2. The molecule has 0 fully saturated rings. The highest BCUT2D eigenvalue weighted by atomic mass is 19.4. The van der Waals surface area contributed by atoms with Crippen LogP contribution in [0.25, 0.3) is 11.3 Å². The highest BCUT2D eigenvalue weighted by Gasteiger charge is 2.31. The number of nitrogens with one attached hydrogen (secondary N) is 1. The fourth-order valence-electron chi connectivity index (χ4n) is 2.77. The number of nitrogens with zero attached hydrogens (tertiary/aromatic N) is 1. The van der Waals surface area contributed by atoms with E-state index in [9.17, 15) is 18.0 Å². The lowest BCUT2D eigenvalue weighted by Crippen LogP contribution is -2.33. The van der Waals surface area contributed by atoms with Gasteiger partial charge in [0, 0.05) is 18.7 Å². The maximum absolute atomic E-state index is 12.5. The van der Waals surface area contributed by atoms with E-state index in [-0.39, 0.29) is 18.2 Å². The number of carbonyl (C=O) groups excluding carboxylic acids is 1. The number of methoxy groups -OCH3 is 3. The standard InChI is InChI=1S/C20H23F3N2O6/c1-6-30-19(26)18(29-5)24-14-9-11(2)16(25-17(14)28-4)13-8-7-12(10-15(13)27-3)31-20(21,22)23/h7-10,18,24H,6H2,1-5H3. The molecule has 31 heavy (non-hydrogen) atoms. The third-order valence-electron chi connectivity index (χ3n) is 4.06. The van der Waals surface area contributed by atoms with Gasteiger partial charge in [-0.25, -0.2) is 9.78 Å². The summed E-state index contributed by atoms with van der Waals surface area (Å²) >= 11 is 0. The molecule has 0 saturated carbocycles. The predicted molar refractivity (Wildman–Crippen MR) is 105 cm³/mol. The molecule has 1 atom stereocenters. The van der Waals surface area contributed by atoms with Crippen LogP contribution in [-0.4, -0.2) is 51.5 Å². The van der Waals surface area contributed by atoms with Gasteiger partial charge in [0.05, 0.1) is 32.2 Å². The maximum atomic E-state index is 12.5. The van der Waals surface area contributed by atoms with Gasteiger partial charge in [0.1, 0.15) is 11.5 Å². The summed E-state index contributed by atoms with van der Waals surface area (Å²) in [6.07, 6.45) is -5.91. The minimum absolute atomic E-state index is 0.126. The van der Waals surface area contributed by atoms with Gasteiger partial charge in [0.25, 0.3) is 0 Å². The Hall–Kier alpha value is -3.21. The van der Waals surface area contributed by atoms with Crippen molar-refractivity contribution in [1.82, 2.24) is 4.98 Å². The van der Waals surface area contributed by atoms with Gasteiger partial charge >= 0.3 is 12.3 Å². The molecule has 1 heterocycles. The van der Waals surface area contributed by atoms with Crippen LogP contribution in [0.3, 0.4) is 0 Å². The van der Waals surface area contributed by atoms with Crippen molar-refractivity contribution < 1.29 is 41.7 Å². The molecule has 2 rings (SSSR count). The van der Waals surface area contributed by atoms with Crippen LogP contribution in [0.1, 0.15) is 12.5 Å². The summed E-state index contributed by atoms with van der Waals surface area (Å²) in [5.41, 5.74) is 1.82. The van der Waals surface area contributed by atoms with Crippen LogP contribution in [0, 0.1) is 6.92 Å². The van der Waals surface area contributed by atoms with Gasteiger partial charge in [0.15, 0.2) is 0 Å². The van der Waals surface area contributed by atoms with Gasteiger partial charge < -0.3 is 29.0 Å². The van der Waals surface area contributed by atoms with Crippen LogP contribution in [0.2, 0.25) is 0 Å². The average Bonchev–Trinajstić information content (AvgIpc) is 2.71. The normalized spacial score (nSPS) is 12.1. The Morgan fingerprint density at radius 1 is 1.16 bits per heavy atom. The van der Waals surface area contributed by atoms with Gasteiger partial charge in [-0.3, -0.25) is 0 Å². The van der Waals surface area contributed by atoms with Crippen LogP contribution in [-0.2, 0) is 14.3 Å². The summed E-state index contributed by atoms with van der Waals surface area (Å²) < 4.78 is 62.1. The SMILES string of the molecule is CCOC(=O)C(Nc1cc(C)c(-c2ccc(OC(F)(F)F)cc2OC)nc1OC)OC. The summed E-state index contributed by atoms with van der Waals surface area (Å²) in [6.45, 7) is 3.59. The minimum atomic E-state index is -4.83. The largest absolute Gasteiger partial charge is 0.573 e. The molecule has 0 bridgehead atoms. The fraction of sp³-hybridized carbons (Fsp3) is 0.400. The monoisotopic (exact) mass is 444 g/mol. The zero-order valence-electron chi connectivity index (χ0n) is 17.6. The summed E-state index contributed by atoms with van der Waals surface area (Å²) in [7, 11) is 4.04. The number of benzene rings is 1. The Balaban J connectivity index is 2.44. The highest BCUT2D eigenvalue weighted by molar-refractivity contribution is 5.79. The Bertz CT molecular complexity index is 921. The molecule has 1 N–H and O–H groups in total. The number of esters is 1. The molecular weight excluding hydrogens is 421 g/mol. The molecule has 1 aromatic heterocycles. The molecule has 8 nitrogen and oxygen atoms in total. The van der Waals surface area contributed by atoms with Crippen molar-refractivity contribution in [2.45, 2.75) is 26.4 Å². The van der Waals surface area contributed by atoms with E-state index in [0.29, 0.717) is 22.5 Å². The first-order valence-corrected chi connectivity index (χ1v) is 9.09. The first-order valence-electron chi connectivity index (χ1n) is 9.09. The number of ether oxygens (including phenoxy) is 5. The fourth-order valence-corrected chi connectivity index (χ4v) is 2.77. The van der Waals surface area contributed by atoms with Crippen LogP contribution >= 0.6 is 0 Å². The van der Waals surface area contributed by atoms with Crippen molar-refractivity contribution in [3.63, 3.8) is 0 Å². The smallest absolute Gasteiger partial charge is 0.496 e. The number of aryl methyl sites for hydroxylation is 1. The van der Waals surface area contributed by atoms with Crippen molar-refractivity contribution in [2.24, 2.45) is 0 Å². The van der Waals surface area contributed by atoms with Gasteiger partial charge in [-0.15, -0.1) is 13.2 Å². The number of halogens is 3. The number of hydrogen-bond donors (Lipinski definition) is 1. The van der Waals surface area contributed by atoms with E-state index in [2.05, 4.69) is 15.0 Å². The molecule has 2 aromatic rings. The van der Waals surface area contributed by atoms with E-state index in [4.69, 9.17) is 18.9 Å². The zero-order chi connectivity index (χ0) is 23.2. The number of carbonyl (C=O) groups is 1. The average molecular weight is 444 g/mol. The Kier molecular flexibility index (Phi) is 7.92. The van der Waals surface area contributed by atoms with Crippen molar-refractivity contribution in [2.75, 3.05) is 33.3 Å². The second-order valence-electron chi connectivity index (χ2n) is 6.13.